The van der Waals surface area contributed by atoms with Gasteiger partial charge in [-0.1, -0.05) is 0 Å². The summed E-state index contributed by atoms with van der Waals surface area (Å²) in [6.07, 6.45) is 3.81. The van der Waals surface area contributed by atoms with E-state index in [4.69, 9.17) is 4.42 Å². The highest BCUT2D eigenvalue weighted by molar-refractivity contribution is 5.97. The molecule has 0 aromatic carbocycles. The van der Waals surface area contributed by atoms with Crippen LogP contribution in [0.15, 0.2) is 22.7 Å². The summed E-state index contributed by atoms with van der Waals surface area (Å²) in [6, 6.07) is 3.31. The number of ether oxygens (including phenoxy) is 1. The Balaban J connectivity index is 1.52. The molecule has 1 atom stereocenters. The van der Waals surface area contributed by atoms with Gasteiger partial charge in [0.05, 0.1) is 7.11 Å². The Morgan fingerprint density at radius 2 is 2.12 bits per heavy atom. The Labute approximate surface area is 139 Å². The highest BCUT2D eigenvalue weighted by Crippen LogP contribution is 2.27. The van der Waals surface area contributed by atoms with E-state index in [0.717, 1.165) is 32.5 Å². The second-order valence-corrected chi connectivity index (χ2v) is 6.43. The van der Waals surface area contributed by atoms with E-state index in [0.29, 0.717) is 22.6 Å². The maximum atomic E-state index is 12.5. The number of aromatic nitrogens is 1. The molecule has 2 aromatic rings. The normalized spacial score (nSPS) is 25.6. The number of nitrogens with zero attached hydrogens (tertiary/aromatic N) is 2. The molecular weight excluding hydrogens is 310 g/mol. The number of piperidine rings is 3. The smallest absolute Gasteiger partial charge is 0.373 e. The molecule has 3 aliphatic rings. The molecule has 2 aromatic heterocycles. The number of amides is 1. The average molecular weight is 329 g/mol. The van der Waals surface area contributed by atoms with E-state index in [1.807, 2.05) is 0 Å². The highest BCUT2D eigenvalue weighted by Gasteiger charge is 2.35. The van der Waals surface area contributed by atoms with Crippen LogP contribution in [0.25, 0.3) is 11.0 Å². The van der Waals surface area contributed by atoms with E-state index in [1.54, 1.807) is 12.1 Å². The monoisotopic (exact) mass is 329 g/mol. The second-order valence-electron chi connectivity index (χ2n) is 6.43. The first-order valence-corrected chi connectivity index (χ1v) is 8.15. The van der Waals surface area contributed by atoms with Crippen LogP contribution in [0.4, 0.5) is 0 Å². The SMILES string of the molecule is COC(=O)c1cc2cnc(C(=O)N[C@H]3CN4CCC3CC4)cc2o1. The Kier molecular flexibility index (Phi) is 3.72. The van der Waals surface area contributed by atoms with Crippen LogP contribution >= 0.6 is 0 Å². The summed E-state index contributed by atoms with van der Waals surface area (Å²) in [6.45, 7) is 3.17. The number of rotatable bonds is 3. The maximum Gasteiger partial charge on any atom is 0.373 e. The summed E-state index contributed by atoms with van der Waals surface area (Å²) in [5.41, 5.74) is 0.745. The molecule has 7 nitrogen and oxygen atoms in total. The molecule has 1 amide bonds. The largest absolute Gasteiger partial charge is 0.463 e. The van der Waals surface area contributed by atoms with Gasteiger partial charge in [0, 0.05) is 36.3 Å². The van der Waals surface area contributed by atoms with Crippen LogP contribution in [0.1, 0.15) is 33.9 Å². The lowest BCUT2D eigenvalue weighted by Gasteiger charge is -2.44. The Morgan fingerprint density at radius 3 is 2.79 bits per heavy atom. The molecule has 0 saturated carbocycles. The molecule has 5 heterocycles. The van der Waals surface area contributed by atoms with E-state index < -0.39 is 5.97 Å². The third kappa shape index (κ3) is 2.65. The van der Waals surface area contributed by atoms with Crippen LogP contribution in [0.2, 0.25) is 0 Å². The predicted octanol–water partition coefficient (Wildman–Crippen LogP) is 1.44. The van der Waals surface area contributed by atoms with Crippen LogP contribution in [0, 0.1) is 5.92 Å². The summed E-state index contributed by atoms with van der Waals surface area (Å²) in [5, 5.41) is 3.76. The zero-order chi connectivity index (χ0) is 16.7. The molecule has 7 heteroatoms. The zero-order valence-corrected chi connectivity index (χ0v) is 13.4. The van der Waals surface area contributed by atoms with Crippen LogP contribution in [0.5, 0.6) is 0 Å². The topological polar surface area (TPSA) is 84.7 Å². The minimum atomic E-state index is -0.551. The first-order chi connectivity index (χ1) is 11.6. The maximum absolute atomic E-state index is 12.5. The fourth-order valence-electron chi connectivity index (χ4n) is 3.63. The molecule has 1 N–H and O–H groups in total. The number of carbonyl (C=O) groups is 2. The quantitative estimate of drug-likeness (QED) is 0.858. The third-order valence-corrected chi connectivity index (χ3v) is 4.99. The van der Waals surface area contributed by atoms with Gasteiger partial charge in [-0.2, -0.15) is 0 Å². The number of fused-ring (bicyclic) bond motifs is 4. The van der Waals surface area contributed by atoms with Gasteiger partial charge < -0.3 is 19.4 Å². The summed E-state index contributed by atoms with van der Waals surface area (Å²) in [7, 11) is 1.29. The number of hydrogen-bond donors (Lipinski definition) is 1. The van der Waals surface area contributed by atoms with Gasteiger partial charge in [0.2, 0.25) is 5.76 Å². The van der Waals surface area contributed by atoms with Crippen LogP contribution < -0.4 is 5.32 Å². The van der Waals surface area contributed by atoms with Gasteiger partial charge >= 0.3 is 5.97 Å². The summed E-state index contributed by atoms with van der Waals surface area (Å²) in [5.74, 6) is -0.0994. The van der Waals surface area contributed by atoms with Gasteiger partial charge in [0.25, 0.3) is 5.91 Å². The lowest BCUT2D eigenvalue weighted by molar-refractivity contribution is 0.0567. The minimum Gasteiger partial charge on any atom is -0.463 e. The molecular formula is C17H19N3O4. The summed E-state index contributed by atoms with van der Waals surface area (Å²) in [4.78, 5) is 30.6. The van der Waals surface area contributed by atoms with Crippen molar-refractivity contribution in [1.82, 2.24) is 15.2 Å². The lowest BCUT2D eigenvalue weighted by Crippen LogP contribution is -2.57. The molecule has 0 unspecified atom stereocenters. The number of methoxy groups -OCH3 is 1. The van der Waals surface area contributed by atoms with Crippen molar-refractivity contribution in [2.24, 2.45) is 5.92 Å². The molecule has 24 heavy (non-hydrogen) atoms. The van der Waals surface area contributed by atoms with Crippen molar-refractivity contribution in [3.63, 3.8) is 0 Å². The molecule has 3 saturated heterocycles. The van der Waals surface area contributed by atoms with Crippen LogP contribution in [-0.2, 0) is 4.74 Å². The van der Waals surface area contributed by atoms with Gasteiger partial charge in [0.15, 0.2) is 0 Å². The molecule has 3 fully saturated rings. The van der Waals surface area contributed by atoms with Gasteiger partial charge in [-0.3, -0.25) is 9.78 Å². The molecule has 0 radical (unpaired) electrons. The number of furan rings is 1. The van der Waals surface area contributed by atoms with E-state index >= 15 is 0 Å². The number of nitrogens with one attached hydrogen (secondary N) is 1. The molecule has 126 valence electrons. The van der Waals surface area contributed by atoms with Gasteiger partial charge in [-0.05, 0) is 31.8 Å². The summed E-state index contributed by atoms with van der Waals surface area (Å²) < 4.78 is 10.1. The fraction of sp³-hybridized carbons (Fsp3) is 0.471. The Bertz CT molecular complexity index is 792. The first-order valence-electron chi connectivity index (χ1n) is 8.15. The van der Waals surface area contributed by atoms with E-state index in [1.165, 1.54) is 13.3 Å². The second kappa shape index (κ2) is 5.90. The van der Waals surface area contributed by atoms with Crippen molar-refractivity contribution in [3.05, 3.63) is 29.8 Å². The van der Waals surface area contributed by atoms with Crippen LogP contribution in [0.3, 0.4) is 0 Å². The number of esters is 1. The third-order valence-electron chi connectivity index (χ3n) is 4.99. The number of hydrogen-bond acceptors (Lipinski definition) is 6. The van der Waals surface area contributed by atoms with Gasteiger partial charge in [0.1, 0.15) is 11.3 Å². The standard InChI is InChI=1S/C17H19N3O4/c1-23-17(22)15-6-11-8-18-12(7-14(11)24-15)16(21)19-13-9-20-4-2-10(13)3-5-20/h6-8,10,13H,2-5,9H2,1H3,(H,19,21)/t13-/m0/s1. The number of carbonyl (C=O) groups excluding carboxylic acids is 2. The van der Waals surface area contributed by atoms with E-state index in [9.17, 15) is 9.59 Å². The van der Waals surface area contributed by atoms with Gasteiger partial charge in [-0.15, -0.1) is 0 Å². The van der Waals surface area contributed by atoms with E-state index in [-0.39, 0.29) is 17.7 Å². The van der Waals surface area contributed by atoms with Crippen molar-refractivity contribution in [2.45, 2.75) is 18.9 Å². The van der Waals surface area contributed by atoms with Crippen molar-refractivity contribution in [3.8, 4) is 0 Å². The Hall–Kier alpha value is -2.41. The molecule has 2 bridgehead atoms. The Morgan fingerprint density at radius 1 is 1.33 bits per heavy atom. The van der Waals surface area contributed by atoms with Crippen molar-refractivity contribution < 1.29 is 18.7 Å². The predicted molar refractivity (Wildman–Crippen MR) is 85.8 cm³/mol. The molecule has 3 aliphatic heterocycles. The fourth-order valence-corrected chi connectivity index (χ4v) is 3.63. The molecule has 0 spiro atoms. The highest BCUT2D eigenvalue weighted by atomic mass is 16.5. The van der Waals surface area contributed by atoms with Crippen molar-refractivity contribution in [2.75, 3.05) is 26.7 Å². The van der Waals surface area contributed by atoms with Crippen LogP contribution in [-0.4, -0.2) is 54.5 Å². The minimum absolute atomic E-state index is 0.101. The lowest BCUT2D eigenvalue weighted by atomic mass is 9.84. The molecule has 5 rings (SSSR count). The number of pyridine rings is 1. The van der Waals surface area contributed by atoms with E-state index in [2.05, 4.69) is 19.9 Å². The van der Waals surface area contributed by atoms with Crippen molar-refractivity contribution in [1.29, 1.82) is 0 Å². The summed E-state index contributed by atoms with van der Waals surface area (Å²) >= 11 is 0. The first kappa shape index (κ1) is 15.1. The molecule has 0 aliphatic carbocycles. The van der Waals surface area contributed by atoms with Gasteiger partial charge in [-0.25, -0.2) is 4.79 Å². The van der Waals surface area contributed by atoms with Crippen molar-refractivity contribution >= 4 is 22.8 Å². The zero-order valence-electron chi connectivity index (χ0n) is 13.4. The average Bonchev–Trinajstić information content (AvgIpc) is 3.05.